The van der Waals surface area contributed by atoms with Gasteiger partial charge in [0.25, 0.3) is 0 Å². The van der Waals surface area contributed by atoms with E-state index in [9.17, 15) is 18.3 Å². The number of halogens is 4. The molecule has 1 fully saturated rings. The van der Waals surface area contributed by atoms with Crippen molar-refractivity contribution in [3.05, 3.63) is 28.8 Å². The van der Waals surface area contributed by atoms with E-state index in [1.165, 1.54) is 4.90 Å². The molecule has 1 atom stereocenters. The summed E-state index contributed by atoms with van der Waals surface area (Å²) in [5.41, 5.74) is 0.417. The maximum absolute atomic E-state index is 14.0. The van der Waals surface area contributed by atoms with Crippen molar-refractivity contribution in [3.63, 3.8) is 0 Å². The molecule has 3 nitrogen and oxygen atoms in total. The molecule has 0 amide bonds. The Kier molecular flexibility index (Phi) is 7.28. The molecule has 0 saturated carbocycles. The number of piperazine rings is 1. The van der Waals surface area contributed by atoms with Gasteiger partial charge in [0.2, 0.25) is 0 Å². The molecule has 0 unspecified atom stereocenters. The predicted molar refractivity (Wildman–Crippen MR) is 106 cm³/mol. The van der Waals surface area contributed by atoms with Crippen molar-refractivity contribution < 1.29 is 18.3 Å². The number of benzene rings is 1. The maximum Gasteiger partial charge on any atom is 0.408 e. The second kappa shape index (κ2) is 8.18. The van der Waals surface area contributed by atoms with Crippen LogP contribution in [0.25, 0.3) is 0 Å². The molecule has 0 bridgehead atoms. The highest BCUT2D eigenvalue weighted by Crippen LogP contribution is 2.45. The Balaban J connectivity index is 0.00000364. The largest absolute Gasteiger partial charge is 0.507 e. The highest BCUT2D eigenvalue weighted by molar-refractivity contribution is 5.85. The van der Waals surface area contributed by atoms with Crippen molar-refractivity contribution in [3.8, 4) is 5.75 Å². The van der Waals surface area contributed by atoms with E-state index in [0.717, 1.165) is 0 Å². The molecule has 0 spiro atoms. The zero-order valence-electron chi connectivity index (χ0n) is 17.0. The van der Waals surface area contributed by atoms with Crippen LogP contribution in [0.4, 0.5) is 13.2 Å². The molecule has 1 aliphatic heterocycles. The third-order valence-electron chi connectivity index (χ3n) is 4.89. The highest BCUT2D eigenvalue weighted by atomic mass is 35.5. The van der Waals surface area contributed by atoms with Crippen molar-refractivity contribution in [2.45, 2.75) is 64.6 Å². The SMILES string of the molecule is CC(C)(C)c1cc([C@@H](N2CCNCC2)C(F)(F)F)cc(C(C)(C)C)c1O.Cl. The number of hydrogen-bond donors (Lipinski definition) is 2. The molecule has 1 aromatic carbocycles. The lowest BCUT2D eigenvalue weighted by Crippen LogP contribution is -2.49. The van der Waals surface area contributed by atoms with Crippen molar-refractivity contribution in [2.75, 3.05) is 26.2 Å². The minimum atomic E-state index is -4.38. The number of rotatable bonds is 2. The first kappa shape index (κ1) is 24.1. The smallest absolute Gasteiger partial charge is 0.408 e. The van der Waals surface area contributed by atoms with Gasteiger partial charge in [0.1, 0.15) is 11.8 Å². The molecule has 156 valence electrons. The summed E-state index contributed by atoms with van der Waals surface area (Å²) in [6, 6.07) is 1.43. The van der Waals surface area contributed by atoms with Crippen molar-refractivity contribution >= 4 is 12.4 Å². The van der Waals surface area contributed by atoms with E-state index < -0.39 is 23.0 Å². The van der Waals surface area contributed by atoms with Crippen LogP contribution in [0, 0.1) is 0 Å². The molecule has 27 heavy (non-hydrogen) atoms. The molecule has 2 N–H and O–H groups in total. The van der Waals surface area contributed by atoms with E-state index in [0.29, 0.717) is 37.3 Å². The number of nitrogens with zero attached hydrogens (tertiary/aromatic N) is 1. The predicted octanol–water partition coefficient (Wildman–Crippen LogP) is 4.92. The van der Waals surface area contributed by atoms with Gasteiger partial charge in [-0.3, -0.25) is 4.90 Å². The zero-order chi connectivity index (χ0) is 19.9. The van der Waals surface area contributed by atoms with Crippen molar-refractivity contribution in [2.24, 2.45) is 0 Å². The van der Waals surface area contributed by atoms with Gasteiger partial charge in [0, 0.05) is 26.2 Å². The van der Waals surface area contributed by atoms with Gasteiger partial charge in [0.05, 0.1) is 0 Å². The van der Waals surface area contributed by atoms with Crippen LogP contribution in [0.5, 0.6) is 5.75 Å². The van der Waals surface area contributed by atoms with Gasteiger partial charge in [-0.15, -0.1) is 12.4 Å². The van der Waals surface area contributed by atoms with Crippen LogP contribution in [0.2, 0.25) is 0 Å². The van der Waals surface area contributed by atoms with Gasteiger partial charge in [-0.25, -0.2) is 0 Å². The summed E-state index contributed by atoms with van der Waals surface area (Å²) in [6.45, 7) is 13.2. The van der Waals surface area contributed by atoms with E-state index in [1.807, 2.05) is 41.5 Å². The number of hydrogen-bond acceptors (Lipinski definition) is 3. The van der Waals surface area contributed by atoms with Gasteiger partial charge in [-0.1, -0.05) is 41.5 Å². The summed E-state index contributed by atoms with van der Waals surface area (Å²) >= 11 is 0. The topological polar surface area (TPSA) is 35.5 Å². The molecule has 0 radical (unpaired) electrons. The Morgan fingerprint density at radius 3 is 1.67 bits per heavy atom. The maximum atomic E-state index is 14.0. The van der Waals surface area contributed by atoms with Crippen LogP contribution >= 0.6 is 12.4 Å². The number of aromatic hydroxyl groups is 1. The van der Waals surface area contributed by atoms with E-state index in [4.69, 9.17) is 0 Å². The highest BCUT2D eigenvalue weighted by Gasteiger charge is 2.46. The van der Waals surface area contributed by atoms with Crippen molar-refractivity contribution in [1.29, 1.82) is 0 Å². The lowest BCUT2D eigenvalue weighted by atomic mass is 9.77. The van der Waals surface area contributed by atoms with Gasteiger partial charge >= 0.3 is 6.18 Å². The van der Waals surface area contributed by atoms with E-state index in [1.54, 1.807) is 12.1 Å². The summed E-state index contributed by atoms with van der Waals surface area (Å²) in [4.78, 5) is 1.49. The second-order valence-corrected chi connectivity index (χ2v) is 9.19. The van der Waals surface area contributed by atoms with Gasteiger partial charge in [0.15, 0.2) is 0 Å². The number of phenolic OH excluding ortho intramolecular Hbond substituents is 1. The molecule has 0 aromatic heterocycles. The lowest BCUT2D eigenvalue weighted by molar-refractivity contribution is -0.187. The van der Waals surface area contributed by atoms with Crippen LogP contribution in [-0.4, -0.2) is 42.4 Å². The standard InChI is InChI=1S/C20H31F3N2O.ClH/c1-18(2,3)14-11-13(12-15(16(14)26)19(4,5)6)17(20(21,22)23)25-9-7-24-8-10-25;/h11-12,17,24,26H,7-10H2,1-6H3;1H/t17-;/m1./s1. The Morgan fingerprint density at radius 2 is 1.33 bits per heavy atom. The Bertz CT molecular complexity index is 607. The average molecular weight is 409 g/mol. The number of alkyl halides is 3. The second-order valence-electron chi connectivity index (χ2n) is 9.19. The minimum Gasteiger partial charge on any atom is -0.507 e. The Hall–Kier alpha value is -0.980. The monoisotopic (exact) mass is 408 g/mol. The summed E-state index contributed by atoms with van der Waals surface area (Å²) in [6.07, 6.45) is -4.38. The van der Waals surface area contributed by atoms with Crippen molar-refractivity contribution in [1.82, 2.24) is 10.2 Å². The van der Waals surface area contributed by atoms with Crippen LogP contribution < -0.4 is 5.32 Å². The quantitative estimate of drug-likeness (QED) is 0.729. The van der Waals surface area contributed by atoms with E-state index >= 15 is 0 Å². The fourth-order valence-electron chi connectivity index (χ4n) is 3.51. The molecular weight excluding hydrogens is 377 g/mol. The van der Waals surface area contributed by atoms with Crippen LogP contribution in [0.3, 0.4) is 0 Å². The summed E-state index contributed by atoms with van der Waals surface area (Å²) < 4.78 is 42.1. The molecule has 1 heterocycles. The zero-order valence-corrected chi connectivity index (χ0v) is 17.8. The third-order valence-corrected chi connectivity index (χ3v) is 4.89. The Morgan fingerprint density at radius 1 is 0.926 bits per heavy atom. The first-order chi connectivity index (χ1) is 11.7. The first-order valence-electron chi connectivity index (χ1n) is 9.12. The average Bonchev–Trinajstić information content (AvgIpc) is 2.46. The van der Waals surface area contributed by atoms with E-state index in [-0.39, 0.29) is 23.7 Å². The fourth-order valence-corrected chi connectivity index (χ4v) is 3.51. The molecule has 7 heteroatoms. The molecule has 2 rings (SSSR count). The molecule has 1 aromatic rings. The summed E-state index contributed by atoms with van der Waals surface area (Å²) in [7, 11) is 0. The first-order valence-corrected chi connectivity index (χ1v) is 9.12. The molecular formula is C20H32ClF3N2O. The van der Waals surface area contributed by atoms with Gasteiger partial charge in [-0.05, 0) is 39.7 Å². The van der Waals surface area contributed by atoms with Crippen LogP contribution in [0.1, 0.15) is 64.3 Å². The van der Waals surface area contributed by atoms with Crippen LogP contribution in [-0.2, 0) is 10.8 Å². The van der Waals surface area contributed by atoms with E-state index in [2.05, 4.69) is 5.32 Å². The van der Waals surface area contributed by atoms with Gasteiger partial charge in [-0.2, -0.15) is 13.2 Å². The van der Waals surface area contributed by atoms with Crippen LogP contribution in [0.15, 0.2) is 12.1 Å². The fraction of sp³-hybridized carbons (Fsp3) is 0.700. The molecule has 1 saturated heterocycles. The van der Waals surface area contributed by atoms with Gasteiger partial charge < -0.3 is 10.4 Å². The molecule has 1 aliphatic rings. The molecule has 0 aliphatic carbocycles. The Labute approximate surface area is 166 Å². The minimum absolute atomic E-state index is 0. The third kappa shape index (κ3) is 5.52. The number of nitrogens with one attached hydrogen (secondary N) is 1. The summed E-state index contributed by atoms with van der Waals surface area (Å²) in [5.74, 6) is 0.106. The summed E-state index contributed by atoms with van der Waals surface area (Å²) in [5, 5.41) is 13.9. The number of phenols is 1. The normalized spacial score (nSPS) is 18.1. The lowest BCUT2D eigenvalue weighted by Gasteiger charge is -2.37.